The maximum atomic E-state index is 12.1. The van der Waals surface area contributed by atoms with E-state index in [1.165, 1.54) is 6.07 Å². The summed E-state index contributed by atoms with van der Waals surface area (Å²) in [6.07, 6.45) is 0. The van der Waals surface area contributed by atoms with E-state index in [0.717, 1.165) is 4.90 Å². The summed E-state index contributed by atoms with van der Waals surface area (Å²) in [5.41, 5.74) is 0.848. The van der Waals surface area contributed by atoms with Crippen LogP contribution in [0.5, 0.6) is 0 Å². The number of urea groups is 1. The number of rotatable bonds is 2. The molecule has 18 heavy (non-hydrogen) atoms. The van der Waals surface area contributed by atoms with E-state index in [2.05, 4.69) is 5.32 Å². The van der Waals surface area contributed by atoms with Crippen LogP contribution in [0, 0.1) is 17.2 Å². The Morgan fingerprint density at radius 1 is 1.39 bits per heavy atom. The predicted molar refractivity (Wildman–Crippen MR) is 65.8 cm³/mol. The van der Waals surface area contributed by atoms with Crippen molar-refractivity contribution in [2.45, 2.75) is 19.9 Å². The van der Waals surface area contributed by atoms with Gasteiger partial charge in [-0.3, -0.25) is 4.79 Å². The van der Waals surface area contributed by atoms with E-state index in [4.69, 9.17) is 5.26 Å². The maximum Gasteiger partial charge on any atom is 0.329 e. The lowest BCUT2D eigenvalue weighted by Crippen LogP contribution is -2.34. The number of benzene rings is 1. The van der Waals surface area contributed by atoms with Gasteiger partial charge < -0.3 is 5.32 Å². The highest BCUT2D eigenvalue weighted by molar-refractivity contribution is 6.21. The first-order valence-corrected chi connectivity index (χ1v) is 5.69. The van der Waals surface area contributed by atoms with Gasteiger partial charge in [0.1, 0.15) is 6.04 Å². The molecule has 1 fully saturated rings. The number of amides is 3. The number of carbonyl (C=O) groups is 2. The molecule has 1 atom stereocenters. The molecule has 3 amide bonds. The van der Waals surface area contributed by atoms with Crippen molar-refractivity contribution in [1.82, 2.24) is 5.32 Å². The van der Waals surface area contributed by atoms with E-state index < -0.39 is 12.1 Å². The van der Waals surface area contributed by atoms with Crippen LogP contribution in [0.4, 0.5) is 10.5 Å². The lowest BCUT2D eigenvalue weighted by molar-refractivity contribution is -0.119. The van der Waals surface area contributed by atoms with Crippen molar-refractivity contribution < 1.29 is 9.59 Å². The third-order valence-electron chi connectivity index (χ3n) is 2.87. The van der Waals surface area contributed by atoms with Crippen LogP contribution in [-0.2, 0) is 4.79 Å². The first-order chi connectivity index (χ1) is 8.54. The van der Waals surface area contributed by atoms with Crippen molar-refractivity contribution in [1.29, 1.82) is 5.26 Å². The average Bonchev–Trinajstić information content (AvgIpc) is 2.65. The second-order valence-electron chi connectivity index (χ2n) is 4.51. The molecule has 1 aliphatic heterocycles. The summed E-state index contributed by atoms with van der Waals surface area (Å²) >= 11 is 0. The molecule has 92 valence electrons. The van der Waals surface area contributed by atoms with Crippen LogP contribution in [0.15, 0.2) is 24.3 Å². The fourth-order valence-electron chi connectivity index (χ4n) is 1.91. The fraction of sp³-hybridized carbons (Fsp3) is 0.308. The van der Waals surface area contributed by atoms with Crippen molar-refractivity contribution in [3.05, 3.63) is 29.8 Å². The third-order valence-corrected chi connectivity index (χ3v) is 2.87. The molecule has 5 nitrogen and oxygen atoms in total. The summed E-state index contributed by atoms with van der Waals surface area (Å²) < 4.78 is 0. The zero-order valence-electron chi connectivity index (χ0n) is 10.2. The van der Waals surface area contributed by atoms with Gasteiger partial charge in [0.25, 0.3) is 5.91 Å². The van der Waals surface area contributed by atoms with E-state index in [9.17, 15) is 9.59 Å². The Bertz CT molecular complexity index is 545. The summed E-state index contributed by atoms with van der Waals surface area (Å²) in [6.45, 7) is 3.75. The van der Waals surface area contributed by atoms with E-state index >= 15 is 0 Å². The first-order valence-electron chi connectivity index (χ1n) is 5.69. The molecule has 1 N–H and O–H groups in total. The normalized spacial score (nSPS) is 19.0. The van der Waals surface area contributed by atoms with Crippen LogP contribution >= 0.6 is 0 Å². The molecule has 0 aliphatic carbocycles. The topological polar surface area (TPSA) is 73.2 Å². The van der Waals surface area contributed by atoms with Crippen molar-refractivity contribution in [3.8, 4) is 6.07 Å². The molecular formula is C13H13N3O2. The Morgan fingerprint density at radius 2 is 2.11 bits per heavy atom. The van der Waals surface area contributed by atoms with Gasteiger partial charge in [-0.15, -0.1) is 0 Å². The molecule has 0 aromatic heterocycles. The van der Waals surface area contributed by atoms with Gasteiger partial charge in [0.15, 0.2) is 0 Å². The number of anilines is 1. The minimum absolute atomic E-state index is 0.0330. The van der Waals surface area contributed by atoms with Crippen LogP contribution in [0.3, 0.4) is 0 Å². The van der Waals surface area contributed by atoms with Crippen LogP contribution in [-0.4, -0.2) is 18.0 Å². The van der Waals surface area contributed by atoms with Gasteiger partial charge in [0.2, 0.25) is 0 Å². The Hall–Kier alpha value is -2.35. The molecule has 1 aromatic carbocycles. The van der Waals surface area contributed by atoms with Gasteiger partial charge in [-0.1, -0.05) is 19.9 Å². The minimum atomic E-state index is -0.497. The largest absolute Gasteiger partial charge is 0.329 e. The number of nitrogens with zero attached hydrogens (tertiary/aromatic N) is 2. The zero-order valence-corrected chi connectivity index (χ0v) is 10.2. The van der Waals surface area contributed by atoms with Gasteiger partial charge in [0, 0.05) is 0 Å². The van der Waals surface area contributed by atoms with Gasteiger partial charge >= 0.3 is 6.03 Å². The van der Waals surface area contributed by atoms with Gasteiger partial charge in [-0.25, -0.2) is 9.69 Å². The SMILES string of the molecule is CC(C)C1NC(=O)N(c2cccc(C#N)c2)C1=O. The molecule has 0 spiro atoms. The molecule has 1 aliphatic rings. The van der Waals surface area contributed by atoms with Crippen molar-refractivity contribution in [3.63, 3.8) is 0 Å². The summed E-state index contributed by atoms with van der Waals surface area (Å²) in [7, 11) is 0. The average molecular weight is 243 g/mol. The highest BCUT2D eigenvalue weighted by Crippen LogP contribution is 2.22. The van der Waals surface area contributed by atoms with Gasteiger partial charge in [-0.05, 0) is 24.1 Å². The Kier molecular flexibility index (Phi) is 3.02. The van der Waals surface area contributed by atoms with E-state index in [1.807, 2.05) is 19.9 Å². The third kappa shape index (κ3) is 1.93. The molecule has 1 saturated heterocycles. The fourth-order valence-corrected chi connectivity index (χ4v) is 1.91. The predicted octanol–water partition coefficient (Wildman–Crippen LogP) is 1.64. The monoisotopic (exact) mass is 243 g/mol. The molecule has 5 heteroatoms. The molecule has 1 aromatic rings. The van der Waals surface area contributed by atoms with Crippen LogP contribution in [0.2, 0.25) is 0 Å². The Morgan fingerprint density at radius 3 is 2.67 bits per heavy atom. The molecule has 0 bridgehead atoms. The summed E-state index contributed by atoms with van der Waals surface area (Å²) in [5.74, 6) is -0.240. The first kappa shape index (κ1) is 12.1. The summed E-state index contributed by atoms with van der Waals surface area (Å²) in [5, 5.41) is 11.5. The standard InChI is InChI=1S/C13H13N3O2/c1-8(2)11-12(17)16(13(18)15-11)10-5-3-4-9(6-10)7-14/h3-6,8,11H,1-2H3,(H,15,18). The van der Waals surface area contributed by atoms with Crippen LogP contribution in [0.25, 0.3) is 0 Å². The molecule has 0 saturated carbocycles. The van der Waals surface area contributed by atoms with Crippen molar-refractivity contribution in [2.24, 2.45) is 5.92 Å². The van der Waals surface area contributed by atoms with E-state index in [1.54, 1.807) is 18.2 Å². The maximum absolute atomic E-state index is 12.1. The lowest BCUT2D eigenvalue weighted by atomic mass is 10.0. The second-order valence-corrected chi connectivity index (χ2v) is 4.51. The highest BCUT2D eigenvalue weighted by Gasteiger charge is 2.40. The number of nitriles is 1. The second kappa shape index (κ2) is 4.49. The molecule has 2 rings (SSSR count). The molecule has 1 unspecified atom stereocenters. The van der Waals surface area contributed by atoms with Crippen molar-refractivity contribution in [2.75, 3.05) is 4.90 Å². The number of carbonyl (C=O) groups excluding carboxylic acids is 2. The van der Waals surface area contributed by atoms with Crippen LogP contribution < -0.4 is 10.2 Å². The van der Waals surface area contributed by atoms with Gasteiger partial charge in [0.05, 0.1) is 17.3 Å². The number of imide groups is 1. The Labute approximate surface area is 105 Å². The minimum Gasteiger partial charge on any atom is -0.325 e. The summed E-state index contributed by atoms with van der Waals surface area (Å²) in [6, 6.07) is 7.50. The smallest absolute Gasteiger partial charge is 0.325 e. The van der Waals surface area contributed by atoms with Crippen LogP contribution in [0.1, 0.15) is 19.4 Å². The molecular weight excluding hydrogens is 230 g/mol. The molecule has 0 radical (unpaired) electrons. The Balaban J connectivity index is 2.36. The molecule has 1 heterocycles. The lowest BCUT2D eigenvalue weighted by Gasteiger charge is -2.14. The quantitative estimate of drug-likeness (QED) is 0.802. The van der Waals surface area contributed by atoms with E-state index in [0.29, 0.717) is 11.3 Å². The summed E-state index contributed by atoms with van der Waals surface area (Å²) in [4.78, 5) is 25.0. The van der Waals surface area contributed by atoms with Crippen molar-refractivity contribution >= 4 is 17.6 Å². The number of nitrogens with one attached hydrogen (secondary N) is 1. The zero-order chi connectivity index (χ0) is 13.3. The highest BCUT2D eigenvalue weighted by atomic mass is 16.2. The number of hydrogen-bond donors (Lipinski definition) is 1. The van der Waals surface area contributed by atoms with E-state index in [-0.39, 0.29) is 11.8 Å². The van der Waals surface area contributed by atoms with Gasteiger partial charge in [-0.2, -0.15) is 5.26 Å². The number of hydrogen-bond acceptors (Lipinski definition) is 3.